The van der Waals surface area contributed by atoms with Gasteiger partial charge in [-0.05, 0) is 37.1 Å². The van der Waals surface area contributed by atoms with Gasteiger partial charge in [0.2, 0.25) is 5.91 Å². The largest absolute Gasteiger partial charge is 0.326 e. The van der Waals surface area contributed by atoms with Crippen molar-refractivity contribution in [1.29, 1.82) is 0 Å². The van der Waals surface area contributed by atoms with Gasteiger partial charge in [0.1, 0.15) is 5.82 Å². The molecule has 2 N–H and O–H groups in total. The molecule has 0 unspecified atom stereocenters. The summed E-state index contributed by atoms with van der Waals surface area (Å²) < 4.78 is 1.53. The minimum atomic E-state index is -0.304. The Morgan fingerprint density at radius 2 is 1.70 bits per heavy atom. The fourth-order valence-electron chi connectivity index (χ4n) is 3.93. The van der Waals surface area contributed by atoms with Crippen molar-refractivity contribution in [2.75, 3.05) is 10.6 Å². The molecule has 0 bridgehead atoms. The van der Waals surface area contributed by atoms with Crippen LogP contribution in [0.4, 0.5) is 11.5 Å². The predicted molar refractivity (Wildman–Crippen MR) is 127 cm³/mol. The Kier molecular flexibility index (Phi) is 6.53. The minimum absolute atomic E-state index is 0.0291. The van der Waals surface area contributed by atoms with Crippen molar-refractivity contribution in [2.24, 2.45) is 5.92 Å². The van der Waals surface area contributed by atoms with Gasteiger partial charge in [-0.3, -0.25) is 9.59 Å². The molecular formula is C25H30N6O2. The van der Waals surface area contributed by atoms with E-state index in [0.29, 0.717) is 23.0 Å². The first-order valence-corrected chi connectivity index (χ1v) is 11.4. The Balaban J connectivity index is 1.54. The number of rotatable bonds is 5. The third-order valence-corrected chi connectivity index (χ3v) is 5.83. The smallest absolute Gasteiger partial charge is 0.256 e. The fraction of sp³-hybridized carbons (Fsp3) is 0.400. The van der Waals surface area contributed by atoms with Crippen LogP contribution in [0.3, 0.4) is 0 Å². The quantitative estimate of drug-likeness (QED) is 0.590. The number of hydrogen-bond acceptors (Lipinski definition) is 5. The molecule has 172 valence electrons. The van der Waals surface area contributed by atoms with Gasteiger partial charge in [0.25, 0.3) is 11.9 Å². The van der Waals surface area contributed by atoms with E-state index in [2.05, 4.69) is 46.5 Å². The average molecular weight is 447 g/mol. The van der Waals surface area contributed by atoms with Gasteiger partial charge < -0.3 is 10.6 Å². The molecule has 33 heavy (non-hydrogen) atoms. The highest BCUT2D eigenvalue weighted by Crippen LogP contribution is 2.27. The standard InChI is InChI=1S/C25H30N6O2/c1-25(2,3)20-16-21(31(30-20)24-26-13-8-14-27-24)29-23(33)18-11-7-12-19(15-18)28-22(32)17-9-5-4-6-10-17/h7-8,11-17H,4-6,9-10H2,1-3H3,(H,28,32)(H,29,33). The van der Waals surface area contributed by atoms with Gasteiger partial charge in [0.05, 0.1) is 5.69 Å². The van der Waals surface area contributed by atoms with E-state index in [1.54, 1.807) is 42.7 Å². The van der Waals surface area contributed by atoms with Crippen molar-refractivity contribution < 1.29 is 9.59 Å². The van der Waals surface area contributed by atoms with E-state index >= 15 is 0 Å². The molecule has 1 aliphatic rings. The SMILES string of the molecule is CC(C)(C)c1cc(NC(=O)c2cccc(NC(=O)C3CCCCC3)c2)n(-c2ncccn2)n1. The highest BCUT2D eigenvalue weighted by Gasteiger charge is 2.23. The zero-order chi connectivity index (χ0) is 23.4. The van der Waals surface area contributed by atoms with E-state index in [0.717, 1.165) is 31.4 Å². The lowest BCUT2D eigenvalue weighted by Gasteiger charge is -2.20. The number of nitrogens with one attached hydrogen (secondary N) is 2. The van der Waals surface area contributed by atoms with Crippen LogP contribution < -0.4 is 10.6 Å². The first-order chi connectivity index (χ1) is 15.8. The maximum absolute atomic E-state index is 13.1. The van der Waals surface area contributed by atoms with E-state index in [1.165, 1.54) is 11.1 Å². The van der Waals surface area contributed by atoms with Crippen LogP contribution in [0.5, 0.6) is 0 Å². The summed E-state index contributed by atoms with van der Waals surface area (Å²) in [5, 5.41) is 10.5. The van der Waals surface area contributed by atoms with Crippen molar-refractivity contribution >= 4 is 23.3 Å². The highest BCUT2D eigenvalue weighted by molar-refractivity contribution is 6.05. The molecule has 0 saturated heterocycles. The first-order valence-electron chi connectivity index (χ1n) is 11.4. The van der Waals surface area contributed by atoms with Crippen LogP contribution >= 0.6 is 0 Å². The molecule has 1 fully saturated rings. The van der Waals surface area contributed by atoms with Crippen molar-refractivity contribution in [3.8, 4) is 5.95 Å². The number of nitrogens with zero attached hydrogens (tertiary/aromatic N) is 4. The molecule has 8 heteroatoms. The summed E-state index contributed by atoms with van der Waals surface area (Å²) in [6.07, 6.45) is 8.49. The summed E-state index contributed by atoms with van der Waals surface area (Å²) in [6, 6.07) is 10.5. The molecule has 1 aliphatic carbocycles. The summed E-state index contributed by atoms with van der Waals surface area (Å²) >= 11 is 0. The molecule has 0 aliphatic heterocycles. The number of aromatic nitrogens is 4. The van der Waals surface area contributed by atoms with Gasteiger partial charge in [0.15, 0.2) is 0 Å². The second-order valence-electron chi connectivity index (χ2n) is 9.48. The topological polar surface area (TPSA) is 102 Å². The number of amides is 2. The highest BCUT2D eigenvalue weighted by atomic mass is 16.2. The second kappa shape index (κ2) is 9.52. The molecule has 4 rings (SSSR count). The molecule has 0 spiro atoms. The average Bonchev–Trinajstić information content (AvgIpc) is 3.25. The number of hydrogen-bond donors (Lipinski definition) is 2. The fourth-order valence-corrected chi connectivity index (χ4v) is 3.93. The van der Waals surface area contributed by atoms with E-state index in [-0.39, 0.29) is 23.1 Å². The number of anilines is 2. The van der Waals surface area contributed by atoms with Gasteiger partial charge in [-0.15, -0.1) is 0 Å². The summed E-state index contributed by atoms with van der Waals surface area (Å²) in [5.74, 6) is 0.625. The van der Waals surface area contributed by atoms with Crippen LogP contribution in [-0.2, 0) is 10.2 Å². The summed E-state index contributed by atoms with van der Waals surface area (Å²) in [5.41, 5.74) is 1.64. The van der Waals surface area contributed by atoms with Crippen LogP contribution in [0.25, 0.3) is 5.95 Å². The van der Waals surface area contributed by atoms with Crippen LogP contribution in [-0.4, -0.2) is 31.6 Å². The lowest BCUT2D eigenvalue weighted by molar-refractivity contribution is -0.120. The number of carbonyl (C=O) groups is 2. The van der Waals surface area contributed by atoms with Crippen LogP contribution in [0.2, 0.25) is 0 Å². The molecular weight excluding hydrogens is 416 g/mol. The van der Waals surface area contributed by atoms with Crippen LogP contribution in [0, 0.1) is 5.92 Å². The third-order valence-electron chi connectivity index (χ3n) is 5.83. The summed E-state index contributed by atoms with van der Waals surface area (Å²) in [6.45, 7) is 6.15. The molecule has 1 saturated carbocycles. The number of benzene rings is 1. The molecule has 2 amide bonds. The Morgan fingerprint density at radius 3 is 2.39 bits per heavy atom. The van der Waals surface area contributed by atoms with Gasteiger partial charge in [-0.2, -0.15) is 9.78 Å². The Labute approximate surface area is 193 Å². The van der Waals surface area contributed by atoms with Crippen molar-refractivity contribution in [3.63, 3.8) is 0 Å². The van der Waals surface area contributed by atoms with E-state index in [1.807, 2.05) is 6.07 Å². The van der Waals surface area contributed by atoms with Crippen molar-refractivity contribution in [3.05, 3.63) is 60.0 Å². The van der Waals surface area contributed by atoms with Crippen LogP contribution in [0.15, 0.2) is 48.8 Å². The van der Waals surface area contributed by atoms with E-state index in [4.69, 9.17) is 0 Å². The maximum atomic E-state index is 13.1. The van der Waals surface area contributed by atoms with Crippen LogP contribution in [0.1, 0.15) is 68.9 Å². The number of carbonyl (C=O) groups excluding carboxylic acids is 2. The third kappa shape index (κ3) is 5.45. The molecule has 3 aromatic rings. The molecule has 2 heterocycles. The van der Waals surface area contributed by atoms with Gasteiger partial charge in [-0.1, -0.05) is 46.1 Å². The van der Waals surface area contributed by atoms with E-state index < -0.39 is 0 Å². The van der Waals surface area contributed by atoms with Crippen molar-refractivity contribution in [1.82, 2.24) is 19.7 Å². The molecule has 2 aromatic heterocycles. The lowest BCUT2D eigenvalue weighted by Crippen LogP contribution is -2.25. The molecule has 0 atom stereocenters. The summed E-state index contributed by atoms with van der Waals surface area (Å²) in [7, 11) is 0. The maximum Gasteiger partial charge on any atom is 0.256 e. The minimum Gasteiger partial charge on any atom is -0.326 e. The normalized spacial score (nSPS) is 14.6. The van der Waals surface area contributed by atoms with Gasteiger partial charge in [0, 0.05) is 41.0 Å². The molecule has 0 radical (unpaired) electrons. The first kappa shape index (κ1) is 22.6. The lowest BCUT2D eigenvalue weighted by atomic mass is 9.88. The monoisotopic (exact) mass is 446 g/mol. The van der Waals surface area contributed by atoms with Gasteiger partial charge >= 0.3 is 0 Å². The molecule has 1 aromatic carbocycles. The second-order valence-corrected chi connectivity index (χ2v) is 9.48. The Hall–Kier alpha value is -3.55. The zero-order valence-corrected chi connectivity index (χ0v) is 19.3. The van der Waals surface area contributed by atoms with Gasteiger partial charge in [-0.25, -0.2) is 9.97 Å². The zero-order valence-electron chi connectivity index (χ0n) is 19.3. The Morgan fingerprint density at radius 1 is 0.970 bits per heavy atom. The predicted octanol–water partition coefficient (Wildman–Crippen LogP) is 4.73. The van der Waals surface area contributed by atoms with Crippen molar-refractivity contribution in [2.45, 2.75) is 58.3 Å². The molecule has 8 nitrogen and oxygen atoms in total. The van der Waals surface area contributed by atoms with E-state index in [9.17, 15) is 9.59 Å². The summed E-state index contributed by atoms with van der Waals surface area (Å²) in [4.78, 5) is 34.2. The Bertz CT molecular complexity index is 1130.